The van der Waals surface area contributed by atoms with Gasteiger partial charge in [-0.25, -0.2) is 0 Å². The molecular formula is C17H31NO. The fourth-order valence-electron chi connectivity index (χ4n) is 4.77. The van der Waals surface area contributed by atoms with E-state index < -0.39 is 0 Å². The van der Waals surface area contributed by atoms with Crippen LogP contribution in [0, 0.1) is 17.8 Å². The second-order valence-electron chi connectivity index (χ2n) is 7.15. The van der Waals surface area contributed by atoms with Gasteiger partial charge in [-0.2, -0.15) is 0 Å². The van der Waals surface area contributed by atoms with E-state index in [0.29, 0.717) is 5.60 Å². The maximum Gasteiger partial charge on any atom is 0.0685 e. The lowest BCUT2D eigenvalue weighted by molar-refractivity contribution is -0.135. The van der Waals surface area contributed by atoms with E-state index in [4.69, 9.17) is 4.74 Å². The predicted molar refractivity (Wildman–Crippen MR) is 79.2 cm³/mol. The standard InChI is InChI=1S/C17H31NO/c1-2-18-13-15-6-7-16(15)14-8-11-19-17(12-14)9-4-3-5-10-17/h14-16,18H,2-13H2,1H3. The first kappa shape index (κ1) is 13.9. The molecule has 0 aromatic rings. The Bertz CT molecular complexity index is 279. The molecule has 0 aromatic carbocycles. The first-order chi connectivity index (χ1) is 9.33. The molecule has 2 aliphatic carbocycles. The Balaban J connectivity index is 1.56. The minimum absolute atomic E-state index is 0.305. The van der Waals surface area contributed by atoms with Crippen LogP contribution in [0.4, 0.5) is 0 Å². The van der Waals surface area contributed by atoms with Gasteiger partial charge in [0, 0.05) is 6.61 Å². The minimum Gasteiger partial charge on any atom is -0.375 e. The van der Waals surface area contributed by atoms with Crippen molar-refractivity contribution >= 4 is 0 Å². The molecule has 3 aliphatic rings. The van der Waals surface area contributed by atoms with E-state index >= 15 is 0 Å². The third kappa shape index (κ3) is 3.00. The third-order valence-electron chi connectivity index (χ3n) is 6.03. The maximum absolute atomic E-state index is 6.26. The van der Waals surface area contributed by atoms with E-state index in [-0.39, 0.29) is 0 Å². The van der Waals surface area contributed by atoms with Gasteiger partial charge in [0.2, 0.25) is 0 Å². The van der Waals surface area contributed by atoms with Crippen LogP contribution in [0.1, 0.15) is 64.7 Å². The number of rotatable bonds is 4. The Morgan fingerprint density at radius 3 is 2.63 bits per heavy atom. The van der Waals surface area contributed by atoms with E-state index in [9.17, 15) is 0 Å². The van der Waals surface area contributed by atoms with Crippen molar-refractivity contribution in [3.63, 3.8) is 0 Å². The van der Waals surface area contributed by atoms with Crippen molar-refractivity contribution in [3.8, 4) is 0 Å². The van der Waals surface area contributed by atoms with Crippen molar-refractivity contribution in [1.29, 1.82) is 0 Å². The molecule has 1 saturated heterocycles. The lowest BCUT2D eigenvalue weighted by atomic mass is 9.62. The topological polar surface area (TPSA) is 21.3 Å². The molecule has 2 heteroatoms. The molecule has 1 aliphatic heterocycles. The summed E-state index contributed by atoms with van der Waals surface area (Å²) >= 11 is 0. The molecule has 3 atom stereocenters. The summed E-state index contributed by atoms with van der Waals surface area (Å²) in [5.41, 5.74) is 0.305. The quantitative estimate of drug-likeness (QED) is 0.836. The highest BCUT2D eigenvalue weighted by Gasteiger charge is 2.44. The minimum atomic E-state index is 0.305. The molecule has 3 unspecified atom stereocenters. The van der Waals surface area contributed by atoms with Crippen LogP contribution >= 0.6 is 0 Å². The molecule has 3 rings (SSSR count). The molecular weight excluding hydrogens is 234 g/mol. The van der Waals surface area contributed by atoms with Gasteiger partial charge in [-0.15, -0.1) is 0 Å². The van der Waals surface area contributed by atoms with E-state index in [1.54, 1.807) is 0 Å². The highest BCUT2D eigenvalue weighted by molar-refractivity contribution is 4.95. The smallest absolute Gasteiger partial charge is 0.0685 e. The van der Waals surface area contributed by atoms with Gasteiger partial charge in [-0.1, -0.05) is 26.2 Å². The Kier molecular flexibility index (Phi) is 4.48. The largest absolute Gasteiger partial charge is 0.375 e. The van der Waals surface area contributed by atoms with Crippen molar-refractivity contribution in [1.82, 2.24) is 5.32 Å². The van der Waals surface area contributed by atoms with E-state index in [0.717, 1.165) is 30.9 Å². The van der Waals surface area contributed by atoms with Crippen LogP contribution in [0.25, 0.3) is 0 Å². The molecule has 0 bridgehead atoms. The second-order valence-corrected chi connectivity index (χ2v) is 7.15. The first-order valence-corrected chi connectivity index (χ1v) is 8.68. The van der Waals surface area contributed by atoms with Crippen molar-refractivity contribution < 1.29 is 4.74 Å². The van der Waals surface area contributed by atoms with Gasteiger partial charge in [0.15, 0.2) is 0 Å². The molecule has 1 spiro atoms. The van der Waals surface area contributed by atoms with Crippen LogP contribution in [0.15, 0.2) is 0 Å². The van der Waals surface area contributed by atoms with Crippen LogP contribution < -0.4 is 5.32 Å². The van der Waals surface area contributed by atoms with Gasteiger partial charge in [0.1, 0.15) is 0 Å². The highest BCUT2D eigenvalue weighted by atomic mass is 16.5. The van der Waals surface area contributed by atoms with E-state index in [2.05, 4.69) is 12.2 Å². The average Bonchev–Trinajstić information content (AvgIpc) is 2.39. The van der Waals surface area contributed by atoms with Gasteiger partial charge >= 0.3 is 0 Å². The summed E-state index contributed by atoms with van der Waals surface area (Å²) in [7, 11) is 0. The Morgan fingerprint density at radius 2 is 1.95 bits per heavy atom. The number of ether oxygens (including phenoxy) is 1. The van der Waals surface area contributed by atoms with Crippen molar-refractivity contribution in [2.24, 2.45) is 17.8 Å². The van der Waals surface area contributed by atoms with Gasteiger partial charge in [-0.05, 0) is 69.4 Å². The van der Waals surface area contributed by atoms with Crippen molar-refractivity contribution in [2.45, 2.75) is 70.3 Å². The van der Waals surface area contributed by atoms with E-state index in [1.807, 2.05) is 0 Å². The fraction of sp³-hybridized carbons (Fsp3) is 1.00. The summed E-state index contributed by atoms with van der Waals surface area (Å²) in [6.07, 6.45) is 12.6. The molecule has 19 heavy (non-hydrogen) atoms. The number of hydrogen-bond acceptors (Lipinski definition) is 2. The maximum atomic E-state index is 6.26. The third-order valence-corrected chi connectivity index (χ3v) is 6.03. The first-order valence-electron chi connectivity index (χ1n) is 8.68. The monoisotopic (exact) mass is 265 g/mol. The number of nitrogens with one attached hydrogen (secondary N) is 1. The van der Waals surface area contributed by atoms with Crippen LogP contribution in [-0.2, 0) is 4.74 Å². The zero-order valence-corrected chi connectivity index (χ0v) is 12.6. The van der Waals surface area contributed by atoms with Gasteiger partial charge in [-0.3, -0.25) is 0 Å². The molecule has 2 saturated carbocycles. The highest BCUT2D eigenvalue weighted by Crippen LogP contribution is 2.49. The fourth-order valence-corrected chi connectivity index (χ4v) is 4.77. The van der Waals surface area contributed by atoms with Crippen LogP contribution in [0.3, 0.4) is 0 Å². The molecule has 1 N–H and O–H groups in total. The SMILES string of the molecule is CCNCC1CCC1C1CCOC2(CCCCC2)C1. The summed E-state index contributed by atoms with van der Waals surface area (Å²) < 4.78 is 6.26. The van der Waals surface area contributed by atoms with Crippen LogP contribution in [-0.4, -0.2) is 25.3 Å². The Morgan fingerprint density at radius 1 is 1.11 bits per heavy atom. The van der Waals surface area contributed by atoms with E-state index in [1.165, 1.54) is 64.3 Å². The summed E-state index contributed by atoms with van der Waals surface area (Å²) in [4.78, 5) is 0. The summed E-state index contributed by atoms with van der Waals surface area (Å²) in [6, 6.07) is 0. The molecule has 110 valence electrons. The molecule has 0 amide bonds. The zero-order chi connectivity index (χ0) is 13.1. The Labute approximate surface area is 118 Å². The van der Waals surface area contributed by atoms with Gasteiger partial charge in [0.25, 0.3) is 0 Å². The van der Waals surface area contributed by atoms with Crippen molar-refractivity contribution in [3.05, 3.63) is 0 Å². The normalized spacial score (nSPS) is 38.1. The van der Waals surface area contributed by atoms with Gasteiger partial charge < -0.3 is 10.1 Å². The molecule has 0 radical (unpaired) electrons. The Hall–Kier alpha value is -0.0800. The average molecular weight is 265 g/mol. The van der Waals surface area contributed by atoms with Gasteiger partial charge in [0.05, 0.1) is 5.60 Å². The zero-order valence-electron chi connectivity index (χ0n) is 12.6. The van der Waals surface area contributed by atoms with Crippen molar-refractivity contribution in [2.75, 3.05) is 19.7 Å². The summed E-state index contributed by atoms with van der Waals surface area (Å²) in [5, 5.41) is 3.56. The molecule has 2 nitrogen and oxygen atoms in total. The number of hydrogen-bond donors (Lipinski definition) is 1. The molecule has 1 heterocycles. The second kappa shape index (κ2) is 6.13. The summed E-state index contributed by atoms with van der Waals surface area (Å²) in [6.45, 7) is 5.64. The summed E-state index contributed by atoms with van der Waals surface area (Å²) in [5.74, 6) is 2.93. The van der Waals surface area contributed by atoms with Crippen LogP contribution in [0.5, 0.6) is 0 Å². The lowest BCUT2D eigenvalue weighted by Crippen LogP contribution is -2.47. The molecule has 0 aromatic heterocycles. The van der Waals surface area contributed by atoms with Crippen LogP contribution in [0.2, 0.25) is 0 Å². The lowest BCUT2D eigenvalue weighted by Gasteiger charge is -2.50. The predicted octanol–water partition coefficient (Wildman–Crippen LogP) is 3.75. The molecule has 3 fully saturated rings.